The smallest absolute Gasteiger partial charge is 0.253 e. The number of nitrogens with zero attached hydrogens (tertiary/aromatic N) is 2. The number of nitrogens with one attached hydrogen (secondary N) is 2. The van der Waals surface area contributed by atoms with E-state index in [0.29, 0.717) is 16.6 Å². The number of ether oxygens (including phenoxy) is 1. The van der Waals surface area contributed by atoms with Crippen LogP contribution in [0.25, 0.3) is 0 Å². The third kappa shape index (κ3) is 5.11. The molecular formula is C21H20Cl2N4O3. The summed E-state index contributed by atoms with van der Waals surface area (Å²) in [6.45, 7) is -0.233. The lowest BCUT2D eigenvalue weighted by Gasteiger charge is -2.20. The highest BCUT2D eigenvalue weighted by Gasteiger charge is 2.22. The van der Waals surface area contributed by atoms with E-state index in [2.05, 4.69) is 15.6 Å². The molecule has 7 nitrogen and oxygen atoms in total. The molecule has 0 radical (unpaired) electrons. The minimum Gasteiger partial charge on any atom is -0.497 e. The van der Waals surface area contributed by atoms with Crippen LogP contribution in [0.3, 0.4) is 0 Å². The van der Waals surface area contributed by atoms with Crippen LogP contribution in [0.2, 0.25) is 10.0 Å². The summed E-state index contributed by atoms with van der Waals surface area (Å²) in [5, 5.41) is 6.11. The second-order valence-electron chi connectivity index (χ2n) is 6.48. The van der Waals surface area contributed by atoms with Gasteiger partial charge in [-0.25, -0.2) is 4.98 Å². The van der Waals surface area contributed by atoms with Gasteiger partial charge in [0.1, 0.15) is 17.6 Å². The van der Waals surface area contributed by atoms with Gasteiger partial charge in [-0.2, -0.15) is 0 Å². The molecular weight excluding hydrogens is 427 g/mol. The van der Waals surface area contributed by atoms with Gasteiger partial charge in [0.2, 0.25) is 5.91 Å². The lowest BCUT2D eigenvalue weighted by atomic mass is 10.1. The number of methoxy groups -OCH3 is 1. The average molecular weight is 447 g/mol. The van der Waals surface area contributed by atoms with Crippen molar-refractivity contribution in [3.05, 3.63) is 81.9 Å². The zero-order chi connectivity index (χ0) is 21.7. The number of aromatic nitrogens is 2. The normalized spacial score (nSPS) is 11.6. The van der Waals surface area contributed by atoms with Crippen LogP contribution < -0.4 is 15.4 Å². The maximum Gasteiger partial charge on any atom is 0.253 e. The molecule has 0 saturated heterocycles. The Morgan fingerprint density at radius 2 is 2.00 bits per heavy atom. The minimum atomic E-state index is -0.524. The van der Waals surface area contributed by atoms with Gasteiger partial charge in [0.25, 0.3) is 5.91 Å². The Kier molecular flexibility index (Phi) is 6.97. The third-order valence-corrected chi connectivity index (χ3v) is 4.98. The van der Waals surface area contributed by atoms with E-state index >= 15 is 0 Å². The summed E-state index contributed by atoms with van der Waals surface area (Å²) in [5.74, 6) is 0.446. The Balaban J connectivity index is 1.73. The number of aryl methyl sites for hydroxylation is 1. The van der Waals surface area contributed by atoms with Crippen LogP contribution in [-0.4, -0.2) is 35.0 Å². The van der Waals surface area contributed by atoms with Gasteiger partial charge in [-0.3, -0.25) is 9.59 Å². The van der Waals surface area contributed by atoms with Crippen LogP contribution >= 0.6 is 23.2 Å². The Bertz CT molecular complexity index is 1070. The SMILES string of the molecule is COc1cccc(C(NC(=O)CNC(=O)c2ccc(Cl)cc2Cl)c2nccn2C)c1. The molecule has 3 rings (SSSR count). The highest BCUT2D eigenvalue weighted by molar-refractivity contribution is 6.36. The number of rotatable bonds is 7. The lowest BCUT2D eigenvalue weighted by Crippen LogP contribution is -2.39. The first-order valence-electron chi connectivity index (χ1n) is 9.03. The van der Waals surface area contributed by atoms with E-state index in [-0.39, 0.29) is 23.0 Å². The number of carbonyl (C=O) groups excluding carboxylic acids is 2. The van der Waals surface area contributed by atoms with Gasteiger partial charge >= 0.3 is 0 Å². The molecule has 0 saturated carbocycles. The number of hydrogen-bond donors (Lipinski definition) is 2. The molecule has 156 valence electrons. The Morgan fingerprint density at radius 3 is 2.67 bits per heavy atom. The number of benzene rings is 2. The summed E-state index contributed by atoms with van der Waals surface area (Å²) in [5.41, 5.74) is 1.03. The number of halogens is 2. The zero-order valence-corrected chi connectivity index (χ0v) is 17.9. The van der Waals surface area contributed by atoms with E-state index in [0.717, 1.165) is 5.56 Å². The fourth-order valence-electron chi connectivity index (χ4n) is 2.91. The van der Waals surface area contributed by atoms with E-state index in [1.54, 1.807) is 25.6 Å². The first-order valence-corrected chi connectivity index (χ1v) is 9.78. The first-order chi connectivity index (χ1) is 14.4. The molecule has 2 aromatic carbocycles. The fraction of sp³-hybridized carbons (Fsp3) is 0.190. The maximum atomic E-state index is 12.6. The van der Waals surface area contributed by atoms with E-state index in [1.165, 1.54) is 12.1 Å². The molecule has 0 bridgehead atoms. The van der Waals surface area contributed by atoms with Crippen molar-refractivity contribution >= 4 is 35.0 Å². The second kappa shape index (κ2) is 9.65. The molecule has 1 unspecified atom stereocenters. The Morgan fingerprint density at radius 1 is 1.20 bits per heavy atom. The molecule has 0 fully saturated rings. The molecule has 1 heterocycles. The molecule has 0 aliphatic carbocycles. The van der Waals surface area contributed by atoms with Crippen molar-refractivity contribution in [3.8, 4) is 5.75 Å². The number of imidazole rings is 1. The highest BCUT2D eigenvalue weighted by Crippen LogP contribution is 2.24. The van der Waals surface area contributed by atoms with Crippen molar-refractivity contribution in [1.29, 1.82) is 0 Å². The minimum absolute atomic E-state index is 0.211. The van der Waals surface area contributed by atoms with Gasteiger partial charge in [-0.15, -0.1) is 0 Å². The zero-order valence-electron chi connectivity index (χ0n) is 16.4. The van der Waals surface area contributed by atoms with Gasteiger partial charge in [0.05, 0.1) is 24.2 Å². The summed E-state index contributed by atoms with van der Waals surface area (Å²) in [4.78, 5) is 29.3. The van der Waals surface area contributed by atoms with Gasteiger partial charge in [-0.1, -0.05) is 35.3 Å². The van der Waals surface area contributed by atoms with Gasteiger partial charge in [-0.05, 0) is 35.9 Å². The van der Waals surface area contributed by atoms with Gasteiger partial charge in [0, 0.05) is 24.5 Å². The molecule has 3 aromatic rings. The monoisotopic (exact) mass is 446 g/mol. The van der Waals surface area contributed by atoms with Gasteiger partial charge in [0.15, 0.2) is 0 Å². The van der Waals surface area contributed by atoms with Crippen molar-refractivity contribution in [2.75, 3.05) is 13.7 Å². The molecule has 30 heavy (non-hydrogen) atoms. The lowest BCUT2D eigenvalue weighted by molar-refractivity contribution is -0.120. The summed E-state index contributed by atoms with van der Waals surface area (Å²) >= 11 is 11.9. The summed E-state index contributed by atoms with van der Waals surface area (Å²) in [6.07, 6.45) is 3.44. The van der Waals surface area contributed by atoms with Crippen LogP contribution in [0.4, 0.5) is 0 Å². The molecule has 2 N–H and O–H groups in total. The third-order valence-electron chi connectivity index (χ3n) is 4.43. The summed E-state index contributed by atoms with van der Waals surface area (Å²) < 4.78 is 7.10. The van der Waals surface area contributed by atoms with Gasteiger partial charge < -0.3 is 19.9 Å². The van der Waals surface area contributed by atoms with Crippen LogP contribution in [0.5, 0.6) is 5.75 Å². The first kappa shape index (κ1) is 21.7. The number of carbonyl (C=O) groups is 2. The van der Waals surface area contributed by atoms with Crippen molar-refractivity contribution in [3.63, 3.8) is 0 Å². The Hall–Kier alpha value is -3.03. The van der Waals surface area contributed by atoms with E-state index < -0.39 is 11.9 Å². The largest absolute Gasteiger partial charge is 0.497 e. The molecule has 2 amide bonds. The predicted octanol–water partition coefficient (Wildman–Crippen LogP) is 3.37. The van der Waals surface area contributed by atoms with E-state index in [1.807, 2.05) is 35.9 Å². The molecule has 0 spiro atoms. The average Bonchev–Trinajstić information content (AvgIpc) is 3.15. The molecule has 1 aromatic heterocycles. The standard InChI is InChI=1S/C21H20Cl2N4O3/c1-27-9-8-24-20(27)19(13-4-3-5-15(10-13)30-2)26-18(28)12-25-21(29)16-7-6-14(22)11-17(16)23/h3-11,19H,12H2,1-2H3,(H,25,29)(H,26,28). The van der Waals surface area contributed by atoms with E-state index in [9.17, 15) is 9.59 Å². The second-order valence-corrected chi connectivity index (χ2v) is 7.32. The molecule has 1 atom stereocenters. The van der Waals surface area contributed by atoms with Crippen LogP contribution in [0, 0.1) is 0 Å². The van der Waals surface area contributed by atoms with Crippen LogP contribution in [-0.2, 0) is 11.8 Å². The predicted molar refractivity (Wildman–Crippen MR) is 115 cm³/mol. The Labute approximate surface area is 184 Å². The summed E-state index contributed by atoms with van der Waals surface area (Å²) in [6, 6.07) is 11.4. The van der Waals surface area contributed by atoms with Crippen LogP contribution in [0.1, 0.15) is 27.8 Å². The van der Waals surface area contributed by atoms with Crippen molar-refractivity contribution in [2.45, 2.75) is 6.04 Å². The molecule has 0 aliphatic rings. The molecule has 0 aliphatic heterocycles. The fourth-order valence-corrected chi connectivity index (χ4v) is 3.41. The number of amides is 2. The van der Waals surface area contributed by atoms with Crippen molar-refractivity contribution < 1.29 is 14.3 Å². The topological polar surface area (TPSA) is 85.2 Å². The quantitative estimate of drug-likeness (QED) is 0.582. The maximum absolute atomic E-state index is 12.6. The highest BCUT2D eigenvalue weighted by atomic mass is 35.5. The number of hydrogen-bond acceptors (Lipinski definition) is 4. The van der Waals surface area contributed by atoms with Crippen LogP contribution in [0.15, 0.2) is 54.9 Å². The van der Waals surface area contributed by atoms with E-state index in [4.69, 9.17) is 27.9 Å². The molecule has 9 heteroatoms. The van der Waals surface area contributed by atoms with Crippen molar-refractivity contribution in [2.24, 2.45) is 7.05 Å². The summed E-state index contributed by atoms with van der Waals surface area (Å²) in [7, 11) is 3.41. The van der Waals surface area contributed by atoms with Crippen molar-refractivity contribution in [1.82, 2.24) is 20.2 Å².